The third-order valence-electron chi connectivity index (χ3n) is 3.22. The van der Waals surface area contributed by atoms with E-state index in [1.54, 1.807) is 12.2 Å². The summed E-state index contributed by atoms with van der Waals surface area (Å²) in [5, 5.41) is 0. The maximum Gasteiger partial charge on any atom is 0.193 e. The van der Waals surface area contributed by atoms with E-state index in [4.69, 9.17) is 0 Å². The van der Waals surface area contributed by atoms with E-state index >= 15 is 0 Å². The Morgan fingerprint density at radius 1 is 1.00 bits per heavy atom. The summed E-state index contributed by atoms with van der Waals surface area (Å²) < 4.78 is 0. The normalized spacial score (nSPS) is 14.8. The summed E-state index contributed by atoms with van der Waals surface area (Å²) >= 11 is 0. The minimum Gasteiger partial charge on any atom is -0.0996 e. The van der Waals surface area contributed by atoms with Crippen LogP contribution in [0.4, 0.5) is 0 Å². The fourth-order valence-corrected chi connectivity index (χ4v) is 2.18. The third-order valence-corrected chi connectivity index (χ3v) is 3.22. The second-order valence-electron chi connectivity index (χ2n) is 4.55. The number of hydrogen-bond acceptors (Lipinski definition) is 0. The van der Waals surface area contributed by atoms with E-state index in [9.17, 15) is 0 Å². The Morgan fingerprint density at radius 2 is 1.65 bits per heavy atom. The van der Waals surface area contributed by atoms with Crippen molar-refractivity contribution < 1.29 is 0 Å². The molecule has 0 fully saturated rings. The molecule has 1 heteroatoms. The average Bonchev–Trinajstić information content (AvgIpc) is 2.84. The molecule has 0 aromatic carbocycles. The molecule has 20 heavy (non-hydrogen) atoms. The summed E-state index contributed by atoms with van der Waals surface area (Å²) in [5.74, 6) is 0. The molecule has 0 atom stereocenters. The quantitative estimate of drug-likeness (QED) is 0.445. The fraction of sp³-hybridized carbons (Fsp3) is 0.0526. The highest BCUT2D eigenvalue weighted by Crippen LogP contribution is 2.36. The van der Waals surface area contributed by atoms with Crippen LogP contribution >= 0.6 is 0 Å². The molecule has 0 N–H and O–H groups in total. The van der Waals surface area contributed by atoms with Gasteiger partial charge in [-0.15, -0.1) is 0 Å². The SMILES string of the molecule is C=CC(=C)/C=C(\C)C1=C(C(=C)C=C)[B]C(C=C)=C1C=C. The second-order valence-corrected chi connectivity index (χ2v) is 4.55. The van der Waals surface area contributed by atoms with Crippen LogP contribution in [-0.2, 0) is 0 Å². The molecule has 1 rings (SSSR count). The monoisotopic (exact) mass is 259 g/mol. The minimum absolute atomic E-state index is 0.869. The number of rotatable bonds is 7. The van der Waals surface area contributed by atoms with Gasteiger partial charge < -0.3 is 0 Å². The van der Waals surface area contributed by atoms with E-state index in [2.05, 4.69) is 46.8 Å². The second kappa shape index (κ2) is 6.77. The molecule has 0 saturated heterocycles. The molecule has 0 unspecified atom stereocenters. The predicted molar refractivity (Wildman–Crippen MR) is 92.6 cm³/mol. The Labute approximate surface area is 123 Å². The van der Waals surface area contributed by atoms with Crippen LogP contribution in [0.15, 0.2) is 109 Å². The lowest BCUT2D eigenvalue weighted by molar-refractivity contribution is 1.35. The fourth-order valence-electron chi connectivity index (χ4n) is 2.18. The first kappa shape index (κ1) is 15.8. The molecular formula is C19H20B. The van der Waals surface area contributed by atoms with Crippen molar-refractivity contribution in [2.75, 3.05) is 0 Å². The van der Waals surface area contributed by atoms with Crippen molar-refractivity contribution in [3.05, 3.63) is 109 Å². The van der Waals surface area contributed by atoms with Crippen LogP contribution in [0.3, 0.4) is 0 Å². The molecule has 99 valence electrons. The predicted octanol–water partition coefficient (Wildman–Crippen LogP) is 5.02. The van der Waals surface area contributed by atoms with Crippen LogP contribution in [-0.4, -0.2) is 7.28 Å². The molecule has 1 heterocycles. The summed E-state index contributed by atoms with van der Waals surface area (Å²) in [4.78, 5) is 0. The van der Waals surface area contributed by atoms with Gasteiger partial charge in [0.25, 0.3) is 0 Å². The first-order valence-corrected chi connectivity index (χ1v) is 6.40. The van der Waals surface area contributed by atoms with Gasteiger partial charge in [0.1, 0.15) is 0 Å². The molecule has 0 aromatic heterocycles. The zero-order chi connectivity index (χ0) is 15.3. The Balaban J connectivity index is 3.50. The van der Waals surface area contributed by atoms with Crippen LogP contribution in [0.2, 0.25) is 0 Å². The largest absolute Gasteiger partial charge is 0.193 e. The molecule has 1 aliphatic rings. The summed E-state index contributed by atoms with van der Waals surface area (Å²) in [6.07, 6.45) is 9.17. The average molecular weight is 259 g/mol. The van der Waals surface area contributed by atoms with Crippen LogP contribution in [0.1, 0.15) is 6.92 Å². The summed E-state index contributed by atoms with van der Waals surface area (Å²) in [6.45, 7) is 25.3. The standard InChI is InChI=1S/C19H20B/c1-8-13(5)12-15(7)18-16(10-3)17(11-4)20-19(18)14(6)9-2/h8-12H,1-6H2,7H3/b15-12+. The van der Waals surface area contributed by atoms with Crippen molar-refractivity contribution in [1.82, 2.24) is 0 Å². The van der Waals surface area contributed by atoms with Gasteiger partial charge in [0.05, 0.1) is 0 Å². The van der Waals surface area contributed by atoms with Gasteiger partial charge in [-0.05, 0) is 34.8 Å². The van der Waals surface area contributed by atoms with Gasteiger partial charge in [-0.25, -0.2) is 0 Å². The minimum atomic E-state index is 0.869. The molecule has 0 nitrogen and oxygen atoms in total. The van der Waals surface area contributed by atoms with E-state index < -0.39 is 0 Å². The lowest BCUT2D eigenvalue weighted by atomic mass is 9.63. The Morgan fingerprint density at radius 3 is 2.10 bits per heavy atom. The summed E-state index contributed by atoms with van der Waals surface area (Å²) in [5.41, 5.74) is 7.10. The van der Waals surface area contributed by atoms with Crippen LogP contribution < -0.4 is 0 Å². The van der Waals surface area contributed by atoms with Gasteiger partial charge in [0.2, 0.25) is 0 Å². The van der Waals surface area contributed by atoms with Gasteiger partial charge in [-0.3, -0.25) is 0 Å². The number of hydrogen-bond donors (Lipinski definition) is 0. The van der Waals surface area contributed by atoms with Gasteiger partial charge in [0, 0.05) is 0 Å². The van der Waals surface area contributed by atoms with E-state index in [-0.39, 0.29) is 0 Å². The van der Waals surface area contributed by atoms with Gasteiger partial charge >= 0.3 is 0 Å². The topological polar surface area (TPSA) is 0 Å². The number of allylic oxidation sites excluding steroid dienone is 12. The van der Waals surface area contributed by atoms with Crippen molar-refractivity contribution in [2.24, 2.45) is 0 Å². The molecule has 0 bridgehead atoms. The molecule has 0 aliphatic carbocycles. The van der Waals surface area contributed by atoms with Crippen molar-refractivity contribution in [3.63, 3.8) is 0 Å². The van der Waals surface area contributed by atoms with Gasteiger partial charge in [0.15, 0.2) is 7.28 Å². The highest BCUT2D eigenvalue weighted by molar-refractivity contribution is 6.59. The van der Waals surface area contributed by atoms with E-state index in [0.717, 1.165) is 38.8 Å². The van der Waals surface area contributed by atoms with Crippen molar-refractivity contribution in [3.8, 4) is 0 Å². The zero-order valence-corrected chi connectivity index (χ0v) is 12.2. The van der Waals surface area contributed by atoms with Crippen molar-refractivity contribution in [1.29, 1.82) is 0 Å². The van der Waals surface area contributed by atoms with Gasteiger partial charge in [-0.1, -0.05) is 80.8 Å². The molecule has 0 amide bonds. The first-order valence-electron chi connectivity index (χ1n) is 6.40. The Kier molecular flexibility index (Phi) is 5.34. The van der Waals surface area contributed by atoms with Crippen molar-refractivity contribution >= 4 is 7.28 Å². The zero-order valence-electron chi connectivity index (χ0n) is 12.2. The molecular weight excluding hydrogens is 239 g/mol. The summed E-state index contributed by atoms with van der Waals surface area (Å²) in [6, 6.07) is 0. The first-order chi connectivity index (χ1) is 9.49. The lowest BCUT2D eigenvalue weighted by Crippen LogP contribution is -1.98. The van der Waals surface area contributed by atoms with E-state index in [1.165, 1.54) is 0 Å². The molecule has 1 radical (unpaired) electrons. The summed E-state index contributed by atoms with van der Waals surface area (Å²) in [7, 11) is 2.07. The maximum atomic E-state index is 4.05. The van der Waals surface area contributed by atoms with Gasteiger partial charge in [-0.2, -0.15) is 0 Å². The highest BCUT2D eigenvalue weighted by atomic mass is 14.2. The van der Waals surface area contributed by atoms with E-state index in [1.807, 2.05) is 25.2 Å². The van der Waals surface area contributed by atoms with Crippen LogP contribution in [0.25, 0.3) is 0 Å². The van der Waals surface area contributed by atoms with Crippen molar-refractivity contribution in [2.45, 2.75) is 6.92 Å². The smallest absolute Gasteiger partial charge is 0.0996 e. The molecule has 0 saturated carbocycles. The highest BCUT2D eigenvalue weighted by Gasteiger charge is 2.23. The molecule has 0 spiro atoms. The Hall–Kier alpha value is -2.28. The molecule has 0 aromatic rings. The maximum absolute atomic E-state index is 4.05. The van der Waals surface area contributed by atoms with E-state index in [0.29, 0.717) is 0 Å². The lowest BCUT2D eigenvalue weighted by Gasteiger charge is -2.12. The molecule has 1 aliphatic heterocycles. The Bertz CT molecular complexity index is 604. The van der Waals surface area contributed by atoms with Crippen LogP contribution in [0.5, 0.6) is 0 Å². The van der Waals surface area contributed by atoms with Crippen LogP contribution in [0, 0.1) is 0 Å². The third kappa shape index (κ3) is 3.00.